The lowest BCUT2D eigenvalue weighted by atomic mass is 10.1. The summed E-state index contributed by atoms with van der Waals surface area (Å²) in [4.78, 5) is 20.1. The molecule has 4 nitrogen and oxygen atoms in total. The van der Waals surface area contributed by atoms with E-state index in [2.05, 4.69) is 30.7 Å². The van der Waals surface area contributed by atoms with E-state index in [0.717, 1.165) is 10.5 Å². The zero-order valence-electron chi connectivity index (χ0n) is 12.9. The van der Waals surface area contributed by atoms with E-state index < -0.39 is 5.56 Å². The molecule has 22 heavy (non-hydrogen) atoms. The van der Waals surface area contributed by atoms with Gasteiger partial charge in [-0.05, 0) is 18.4 Å². The minimum absolute atomic E-state index is 0.0500. The summed E-state index contributed by atoms with van der Waals surface area (Å²) in [5.41, 5.74) is 0.859. The highest BCUT2D eigenvalue weighted by molar-refractivity contribution is 8.00. The summed E-state index contributed by atoms with van der Waals surface area (Å²) in [5, 5.41) is 9.72. The summed E-state index contributed by atoms with van der Waals surface area (Å²) in [6, 6.07) is 9.74. The maximum Gasteiger partial charge on any atom is 0.270 e. The quantitative estimate of drug-likeness (QED) is 0.682. The van der Waals surface area contributed by atoms with Crippen LogP contribution in [0.3, 0.4) is 0 Å². The fourth-order valence-corrected chi connectivity index (χ4v) is 3.25. The average Bonchev–Trinajstić information content (AvgIpc) is 2.45. The standard InChI is InChI=1S/C16H17N3OS2/c1-16(2,3)22-11-7-5-10(6-8-11)13-12(9-17)14(20)19-15(18-13)21-4/h5-8H,1-4H3,(H,18,19,20). The summed E-state index contributed by atoms with van der Waals surface area (Å²) in [6.45, 7) is 6.47. The number of nitrogens with one attached hydrogen (secondary N) is 1. The van der Waals surface area contributed by atoms with Crippen molar-refractivity contribution in [2.24, 2.45) is 0 Å². The molecule has 1 aromatic heterocycles. The molecular formula is C16H17N3OS2. The van der Waals surface area contributed by atoms with E-state index in [1.54, 1.807) is 11.8 Å². The molecule has 0 atom stereocenters. The van der Waals surface area contributed by atoms with Crippen molar-refractivity contribution in [3.05, 3.63) is 40.2 Å². The molecule has 0 radical (unpaired) electrons. The lowest BCUT2D eigenvalue weighted by Crippen LogP contribution is -2.14. The fourth-order valence-electron chi connectivity index (χ4n) is 1.90. The molecule has 1 heterocycles. The summed E-state index contributed by atoms with van der Waals surface area (Å²) in [7, 11) is 0. The molecule has 6 heteroatoms. The van der Waals surface area contributed by atoms with E-state index in [0.29, 0.717) is 10.9 Å². The first-order valence-corrected chi connectivity index (χ1v) is 8.76. The van der Waals surface area contributed by atoms with Crippen molar-refractivity contribution in [2.45, 2.75) is 35.6 Å². The van der Waals surface area contributed by atoms with Gasteiger partial charge in [0, 0.05) is 15.2 Å². The van der Waals surface area contributed by atoms with Crippen LogP contribution in [-0.4, -0.2) is 21.0 Å². The molecule has 1 aromatic carbocycles. The number of hydrogen-bond acceptors (Lipinski definition) is 5. The Hall–Kier alpha value is -1.71. The normalized spacial score (nSPS) is 11.2. The second-order valence-corrected chi connectivity index (χ2v) is 8.34. The molecule has 0 aliphatic heterocycles. The predicted molar refractivity (Wildman–Crippen MR) is 92.4 cm³/mol. The molecule has 114 valence electrons. The molecule has 0 bridgehead atoms. The SMILES string of the molecule is CSc1nc(-c2ccc(SC(C)(C)C)cc2)c(C#N)c(=O)[nH]1. The topological polar surface area (TPSA) is 69.5 Å². The highest BCUT2D eigenvalue weighted by Crippen LogP contribution is 2.33. The molecule has 2 rings (SSSR count). The number of rotatable bonds is 3. The highest BCUT2D eigenvalue weighted by atomic mass is 32.2. The van der Waals surface area contributed by atoms with Gasteiger partial charge in [0.2, 0.25) is 0 Å². The van der Waals surface area contributed by atoms with E-state index in [4.69, 9.17) is 0 Å². The minimum atomic E-state index is -0.398. The van der Waals surface area contributed by atoms with Crippen molar-refractivity contribution in [1.82, 2.24) is 9.97 Å². The molecule has 1 N–H and O–H groups in total. The third-order valence-electron chi connectivity index (χ3n) is 2.75. The molecule has 0 aliphatic rings. The van der Waals surface area contributed by atoms with Crippen LogP contribution >= 0.6 is 23.5 Å². The van der Waals surface area contributed by atoms with Gasteiger partial charge in [0.1, 0.15) is 11.6 Å². The third-order valence-corrected chi connectivity index (χ3v) is 4.45. The Kier molecular flexibility index (Phi) is 4.99. The second kappa shape index (κ2) is 6.59. The number of aromatic nitrogens is 2. The van der Waals surface area contributed by atoms with Gasteiger partial charge in [-0.25, -0.2) is 4.98 Å². The smallest absolute Gasteiger partial charge is 0.270 e. The van der Waals surface area contributed by atoms with E-state index >= 15 is 0 Å². The maximum absolute atomic E-state index is 11.9. The predicted octanol–water partition coefficient (Wildman–Crippen LogP) is 3.92. The molecule has 0 spiro atoms. The molecule has 2 aromatic rings. The number of nitriles is 1. The Labute approximate surface area is 138 Å². The molecule has 0 saturated carbocycles. The first kappa shape index (κ1) is 16.7. The van der Waals surface area contributed by atoms with Gasteiger partial charge in [-0.2, -0.15) is 5.26 Å². The van der Waals surface area contributed by atoms with Crippen LogP contribution in [0.1, 0.15) is 26.3 Å². The van der Waals surface area contributed by atoms with Crippen LogP contribution in [0.15, 0.2) is 39.1 Å². The Morgan fingerprint density at radius 1 is 1.23 bits per heavy atom. The highest BCUT2D eigenvalue weighted by Gasteiger charge is 2.15. The third kappa shape index (κ3) is 3.93. The minimum Gasteiger partial charge on any atom is -0.300 e. The maximum atomic E-state index is 11.9. The Morgan fingerprint density at radius 3 is 2.36 bits per heavy atom. The summed E-state index contributed by atoms with van der Waals surface area (Å²) >= 11 is 3.11. The summed E-state index contributed by atoms with van der Waals surface area (Å²) < 4.78 is 0.132. The number of thioether (sulfide) groups is 2. The van der Waals surface area contributed by atoms with E-state index in [9.17, 15) is 10.1 Å². The monoisotopic (exact) mass is 331 g/mol. The number of aromatic amines is 1. The molecule has 0 amide bonds. The molecular weight excluding hydrogens is 314 g/mol. The van der Waals surface area contributed by atoms with Gasteiger partial charge in [0.05, 0.1) is 5.69 Å². The molecule has 0 unspecified atom stereocenters. The first-order chi connectivity index (χ1) is 10.3. The summed E-state index contributed by atoms with van der Waals surface area (Å²) in [6.07, 6.45) is 1.83. The Balaban J connectivity index is 2.46. The van der Waals surface area contributed by atoms with Gasteiger partial charge in [0.25, 0.3) is 5.56 Å². The second-order valence-electron chi connectivity index (χ2n) is 5.65. The Morgan fingerprint density at radius 2 is 1.86 bits per heavy atom. The van der Waals surface area contributed by atoms with Gasteiger partial charge >= 0.3 is 0 Å². The van der Waals surface area contributed by atoms with Crippen LogP contribution < -0.4 is 5.56 Å². The van der Waals surface area contributed by atoms with Crippen molar-refractivity contribution in [3.63, 3.8) is 0 Å². The number of nitrogens with zero attached hydrogens (tertiary/aromatic N) is 2. The number of benzene rings is 1. The number of hydrogen-bond donors (Lipinski definition) is 1. The van der Waals surface area contributed by atoms with Crippen LogP contribution in [0.5, 0.6) is 0 Å². The van der Waals surface area contributed by atoms with E-state index in [1.807, 2.05) is 36.6 Å². The molecule has 0 saturated heterocycles. The fraction of sp³-hybridized carbons (Fsp3) is 0.312. The molecule has 0 aliphatic carbocycles. The van der Waals surface area contributed by atoms with Crippen molar-refractivity contribution in [1.29, 1.82) is 5.26 Å². The number of H-pyrrole nitrogens is 1. The lowest BCUT2D eigenvalue weighted by molar-refractivity contribution is 0.803. The van der Waals surface area contributed by atoms with Crippen LogP contribution in [0.2, 0.25) is 0 Å². The Bertz CT molecular complexity index is 768. The summed E-state index contributed by atoms with van der Waals surface area (Å²) in [5.74, 6) is 0. The van der Waals surface area contributed by atoms with Crippen molar-refractivity contribution >= 4 is 23.5 Å². The van der Waals surface area contributed by atoms with Crippen LogP contribution in [0.4, 0.5) is 0 Å². The first-order valence-electron chi connectivity index (χ1n) is 6.72. The average molecular weight is 331 g/mol. The lowest BCUT2D eigenvalue weighted by Gasteiger charge is -2.17. The van der Waals surface area contributed by atoms with E-state index in [1.165, 1.54) is 11.8 Å². The van der Waals surface area contributed by atoms with Crippen LogP contribution in [-0.2, 0) is 0 Å². The van der Waals surface area contributed by atoms with Crippen molar-refractivity contribution in [3.8, 4) is 17.3 Å². The van der Waals surface area contributed by atoms with Gasteiger partial charge in [-0.1, -0.05) is 44.7 Å². The van der Waals surface area contributed by atoms with Gasteiger partial charge in [-0.3, -0.25) is 4.79 Å². The van der Waals surface area contributed by atoms with Gasteiger partial charge in [-0.15, -0.1) is 11.8 Å². The van der Waals surface area contributed by atoms with Gasteiger partial charge in [0.15, 0.2) is 5.16 Å². The van der Waals surface area contributed by atoms with Gasteiger partial charge < -0.3 is 4.98 Å². The van der Waals surface area contributed by atoms with Crippen LogP contribution in [0.25, 0.3) is 11.3 Å². The van der Waals surface area contributed by atoms with E-state index in [-0.39, 0.29) is 10.3 Å². The zero-order valence-corrected chi connectivity index (χ0v) is 14.6. The largest absolute Gasteiger partial charge is 0.300 e. The zero-order chi connectivity index (χ0) is 16.3. The van der Waals surface area contributed by atoms with Crippen LogP contribution in [0, 0.1) is 11.3 Å². The van der Waals surface area contributed by atoms with Crippen molar-refractivity contribution < 1.29 is 0 Å². The molecule has 0 fully saturated rings. The van der Waals surface area contributed by atoms with Crippen molar-refractivity contribution in [2.75, 3.05) is 6.26 Å².